The number of aryl methyl sites for hydroxylation is 1. The van der Waals surface area contributed by atoms with E-state index in [2.05, 4.69) is 10.3 Å². The number of nitrogens with zero attached hydrogens (tertiary/aromatic N) is 2. The standard InChI is InChI=1S/C41H41N3O7/c1-27-25-44(39(47)43-36(27)42-37(46)28-11-6-4-7-12-28)38-34-15-10-24-40(51-38,35(34)45)26-50-41(29-13-8-5-9-14-29,30-16-20-32(48-2)21-17-30)31-18-22-33(49-3)23-19-31/h4-9,11-14,16-23,25,34-35,38,45H,10,15,24,26H2,1-3H3,(H,42,43,46,47)/t34-,35+,38-,40-/m1/s1. The molecule has 1 aliphatic carbocycles. The van der Waals surface area contributed by atoms with E-state index in [1.165, 1.54) is 4.57 Å². The van der Waals surface area contributed by atoms with Crippen molar-refractivity contribution in [1.82, 2.24) is 9.55 Å². The first-order valence-electron chi connectivity index (χ1n) is 17.1. The van der Waals surface area contributed by atoms with Crippen LogP contribution < -0.4 is 20.5 Å². The zero-order valence-corrected chi connectivity index (χ0v) is 28.8. The second kappa shape index (κ2) is 14.1. The number of aliphatic hydroxyl groups excluding tert-OH is 1. The molecule has 2 aliphatic rings. The molecule has 10 nitrogen and oxygen atoms in total. The molecule has 0 unspecified atom stereocenters. The molecule has 2 N–H and O–H groups in total. The SMILES string of the molecule is COc1ccc(C(OC[C@@]23CCC[C@@H]([C@H](n4cc(C)c(NC(=O)c5ccccc5)nc4=O)O2)[C@@H]3O)(c2ccccc2)c2ccc(OC)cc2)cc1. The zero-order chi connectivity index (χ0) is 35.6. The number of carbonyl (C=O) groups excluding carboxylic acids is 1. The van der Waals surface area contributed by atoms with Gasteiger partial charge in [0.2, 0.25) is 0 Å². The molecule has 1 aromatic heterocycles. The molecule has 1 aliphatic heterocycles. The molecule has 0 spiro atoms. The van der Waals surface area contributed by atoms with Crippen LogP contribution in [0.3, 0.4) is 0 Å². The maximum atomic E-state index is 13.6. The highest BCUT2D eigenvalue weighted by Crippen LogP contribution is 2.52. The van der Waals surface area contributed by atoms with Crippen LogP contribution in [0.5, 0.6) is 11.5 Å². The van der Waals surface area contributed by atoms with Crippen LogP contribution in [0.15, 0.2) is 120 Å². The Morgan fingerprint density at radius 2 is 1.47 bits per heavy atom. The van der Waals surface area contributed by atoms with E-state index in [1.807, 2.05) is 84.9 Å². The largest absolute Gasteiger partial charge is 0.497 e. The minimum Gasteiger partial charge on any atom is -0.497 e. The van der Waals surface area contributed by atoms with Gasteiger partial charge in [0.05, 0.1) is 26.9 Å². The lowest BCUT2D eigenvalue weighted by Crippen LogP contribution is -2.50. The Labute approximate surface area is 296 Å². The number of amides is 1. The number of hydrogen-bond acceptors (Lipinski definition) is 8. The third kappa shape index (κ3) is 6.31. The van der Waals surface area contributed by atoms with E-state index in [4.69, 9.17) is 18.9 Å². The van der Waals surface area contributed by atoms with Gasteiger partial charge in [0.1, 0.15) is 34.7 Å². The van der Waals surface area contributed by atoms with Crippen molar-refractivity contribution in [2.45, 2.75) is 49.7 Å². The van der Waals surface area contributed by atoms with Gasteiger partial charge in [0.25, 0.3) is 5.91 Å². The van der Waals surface area contributed by atoms with Crippen LogP contribution in [0.25, 0.3) is 0 Å². The summed E-state index contributed by atoms with van der Waals surface area (Å²) in [5, 5.41) is 14.7. The van der Waals surface area contributed by atoms with E-state index in [1.54, 1.807) is 51.6 Å². The van der Waals surface area contributed by atoms with E-state index in [9.17, 15) is 14.7 Å². The number of anilines is 1. The predicted molar refractivity (Wildman–Crippen MR) is 192 cm³/mol. The van der Waals surface area contributed by atoms with Crippen LogP contribution in [0, 0.1) is 12.8 Å². The maximum Gasteiger partial charge on any atom is 0.351 e. The molecule has 4 aromatic carbocycles. The highest BCUT2D eigenvalue weighted by atomic mass is 16.6. The third-order valence-corrected chi connectivity index (χ3v) is 10.2. The second-order valence-electron chi connectivity index (χ2n) is 13.1. The number of carbonyl (C=O) groups is 1. The number of aliphatic hydroxyl groups is 1. The average molecular weight is 688 g/mol. The van der Waals surface area contributed by atoms with Crippen LogP contribution in [-0.2, 0) is 15.1 Å². The molecule has 2 fully saturated rings. The van der Waals surface area contributed by atoms with Crippen molar-refractivity contribution in [3.63, 3.8) is 0 Å². The van der Waals surface area contributed by atoms with Gasteiger partial charge >= 0.3 is 5.69 Å². The molecule has 7 rings (SSSR count). The zero-order valence-electron chi connectivity index (χ0n) is 28.8. The van der Waals surface area contributed by atoms with Gasteiger partial charge in [-0.1, -0.05) is 72.8 Å². The summed E-state index contributed by atoms with van der Waals surface area (Å²) < 4.78 is 26.4. The fourth-order valence-electron chi connectivity index (χ4n) is 7.49. The number of fused-ring (bicyclic) bond motifs is 2. The highest BCUT2D eigenvalue weighted by Gasteiger charge is 2.58. The second-order valence-corrected chi connectivity index (χ2v) is 13.1. The lowest BCUT2D eigenvalue weighted by atomic mass is 9.77. The monoisotopic (exact) mass is 687 g/mol. The summed E-state index contributed by atoms with van der Waals surface area (Å²) in [5.41, 5.74) is 0.837. The lowest BCUT2D eigenvalue weighted by Gasteiger charge is -2.41. The Bertz CT molecular complexity index is 1990. The van der Waals surface area contributed by atoms with Gasteiger partial charge in [-0.25, -0.2) is 4.79 Å². The quantitative estimate of drug-likeness (QED) is 0.156. The fraction of sp³-hybridized carbons (Fsp3) is 0.293. The first kappa shape index (κ1) is 34.2. The minimum atomic E-state index is -1.11. The Balaban J connectivity index is 1.24. The number of nitrogens with one attached hydrogen (secondary N) is 1. The molecule has 1 saturated carbocycles. The first-order valence-corrected chi connectivity index (χ1v) is 17.1. The molecule has 0 radical (unpaired) electrons. The molecule has 262 valence electrons. The summed E-state index contributed by atoms with van der Waals surface area (Å²) in [6.45, 7) is 1.80. The van der Waals surface area contributed by atoms with Gasteiger partial charge in [-0.2, -0.15) is 4.98 Å². The first-order chi connectivity index (χ1) is 24.8. The Kier molecular flexibility index (Phi) is 9.48. The lowest BCUT2D eigenvalue weighted by molar-refractivity contribution is -0.164. The van der Waals surface area contributed by atoms with Crippen molar-refractivity contribution in [3.8, 4) is 11.5 Å². The molecule has 51 heavy (non-hydrogen) atoms. The highest BCUT2D eigenvalue weighted by molar-refractivity contribution is 6.04. The van der Waals surface area contributed by atoms with Crippen molar-refractivity contribution in [2.75, 3.05) is 26.1 Å². The van der Waals surface area contributed by atoms with Gasteiger partial charge in [-0.05, 0) is 79.3 Å². The van der Waals surface area contributed by atoms with Crippen LogP contribution >= 0.6 is 0 Å². The number of aromatic nitrogens is 2. The van der Waals surface area contributed by atoms with E-state index in [0.29, 0.717) is 35.5 Å². The van der Waals surface area contributed by atoms with E-state index in [0.717, 1.165) is 23.1 Å². The Morgan fingerprint density at radius 3 is 2.06 bits per heavy atom. The number of methoxy groups -OCH3 is 2. The topological polar surface area (TPSA) is 121 Å². The molecule has 2 heterocycles. The van der Waals surface area contributed by atoms with Crippen molar-refractivity contribution in [2.24, 2.45) is 5.92 Å². The molecule has 1 amide bonds. The summed E-state index contributed by atoms with van der Waals surface area (Å²) in [5.74, 6) is 0.858. The third-order valence-electron chi connectivity index (χ3n) is 10.2. The summed E-state index contributed by atoms with van der Waals surface area (Å²) in [4.78, 5) is 30.6. The minimum absolute atomic E-state index is 0.0283. The molecular formula is C41H41N3O7. The van der Waals surface area contributed by atoms with Gasteiger partial charge in [-0.3, -0.25) is 9.36 Å². The summed E-state index contributed by atoms with van der Waals surface area (Å²) in [6, 6.07) is 34.2. The number of rotatable bonds is 11. The Morgan fingerprint density at radius 1 is 0.902 bits per heavy atom. The molecule has 4 atom stereocenters. The van der Waals surface area contributed by atoms with Crippen LogP contribution in [0.2, 0.25) is 0 Å². The van der Waals surface area contributed by atoms with Gasteiger partial charge in [-0.15, -0.1) is 0 Å². The normalized spacial score (nSPS) is 21.2. The molecule has 5 aromatic rings. The summed E-state index contributed by atoms with van der Waals surface area (Å²) >= 11 is 0. The van der Waals surface area contributed by atoms with E-state index < -0.39 is 29.2 Å². The number of benzene rings is 4. The fourth-order valence-corrected chi connectivity index (χ4v) is 7.49. The van der Waals surface area contributed by atoms with Gasteiger partial charge in [0.15, 0.2) is 0 Å². The summed E-state index contributed by atoms with van der Waals surface area (Å²) in [7, 11) is 3.26. The summed E-state index contributed by atoms with van der Waals surface area (Å²) in [6.07, 6.45) is 1.91. The maximum absolute atomic E-state index is 13.6. The molecular weight excluding hydrogens is 646 g/mol. The van der Waals surface area contributed by atoms with Crippen LogP contribution in [0.4, 0.5) is 5.82 Å². The average Bonchev–Trinajstić information content (AvgIpc) is 3.30. The molecule has 2 bridgehead atoms. The van der Waals surface area contributed by atoms with E-state index in [-0.39, 0.29) is 24.2 Å². The van der Waals surface area contributed by atoms with Crippen LogP contribution in [-0.4, -0.2) is 53.1 Å². The van der Waals surface area contributed by atoms with Crippen molar-refractivity contribution in [1.29, 1.82) is 0 Å². The van der Waals surface area contributed by atoms with E-state index >= 15 is 0 Å². The number of ether oxygens (including phenoxy) is 4. The number of hydrogen-bond donors (Lipinski definition) is 2. The van der Waals surface area contributed by atoms with Crippen molar-refractivity contribution < 1.29 is 28.8 Å². The Hall–Kier alpha value is -5.29. The predicted octanol–water partition coefficient (Wildman–Crippen LogP) is 6.26. The molecule has 10 heteroatoms. The van der Waals surface area contributed by atoms with Gasteiger partial charge < -0.3 is 29.4 Å². The van der Waals surface area contributed by atoms with Crippen molar-refractivity contribution >= 4 is 11.7 Å². The van der Waals surface area contributed by atoms with Crippen LogP contribution in [0.1, 0.15) is 58.1 Å². The van der Waals surface area contributed by atoms with Crippen molar-refractivity contribution in [3.05, 3.63) is 154 Å². The molecule has 1 saturated heterocycles. The smallest absolute Gasteiger partial charge is 0.351 e. The van der Waals surface area contributed by atoms with Gasteiger partial charge in [0, 0.05) is 23.2 Å².